The molecule has 4 heteroatoms. The maximum Gasteiger partial charge on any atom is 0.148 e. The third-order valence-corrected chi connectivity index (χ3v) is 3.14. The molecule has 0 aliphatic rings. The SMILES string of the molecule is Cc1ccc(C(C)(C)CNc2ccc(N)c(F)c2)o1. The molecule has 0 aliphatic carbocycles. The fraction of sp³-hybridized carbons (Fsp3) is 0.333. The minimum Gasteiger partial charge on any atom is -0.466 e. The van der Waals surface area contributed by atoms with Gasteiger partial charge in [-0.25, -0.2) is 4.39 Å². The second-order valence-electron chi connectivity index (χ2n) is 5.38. The Morgan fingerprint density at radius 3 is 2.58 bits per heavy atom. The van der Waals surface area contributed by atoms with Crippen LogP contribution in [0.15, 0.2) is 34.7 Å². The standard InChI is InChI=1S/C15H19FN2O/c1-10-4-7-14(19-10)15(2,3)9-18-11-5-6-13(17)12(16)8-11/h4-8,18H,9,17H2,1-3H3. The van der Waals surface area contributed by atoms with Gasteiger partial charge in [-0.3, -0.25) is 0 Å². The summed E-state index contributed by atoms with van der Waals surface area (Å²) < 4.78 is 19.0. The Labute approximate surface area is 112 Å². The molecule has 1 aromatic heterocycles. The van der Waals surface area contributed by atoms with Crippen molar-refractivity contribution in [3.63, 3.8) is 0 Å². The van der Waals surface area contributed by atoms with Crippen LogP contribution in [-0.4, -0.2) is 6.54 Å². The molecule has 0 amide bonds. The Morgan fingerprint density at radius 2 is 2.00 bits per heavy atom. The number of halogens is 1. The number of nitrogens with two attached hydrogens (primary N) is 1. The average molecular weight is 262 g/mol. The first-order valence-electron chi connectivity index (χ1n) is 6.24. The summed E-state index contributed by atoms with van der Waals surface area (Å²) in [5.74, 6) is 1.40. The lowest BCUT2D eigenvalue weighted by atomic mass is 9.90. The van der Waals surface area contributed by atoms with E-state index in [1.807, 2.05) is 19.1 Å². The molecule has 0 saturated heterocycles. The summed E-state index contributed by atoms with van der Waals surface area (Å²) in [6, 6.07) is 8.64. The van der Waals surface area contributed by atoms with Crippen molar-refractivity contribution in [3.05, 3.63) is 47.7 Å². The molecule has 0 aliphatic heterocycles. The zero-order chi connectivity index (χ0) is 14.0. The van der Waals surface area contributed by atoms with Crippen LogP contribution >= 0.6 is 0 Å². The molecule has 19 heavy (non-hydrogen) atoms. The Morgan fingerprint density at radius 1 is 1.26 bits per heavy atom. The van der Waals surface area contributed by atoms with Gasteiger partial charge in [-0.1, -0.05) is 13.8 Å². The van der Waals surface area contributed by atoms with E-state index in [1.165, 1.54) is 6.07 Å². The van der Waals surface area contributed by atoms with Crippen LogP contribution < -0.4 is 11.1 Å². The van der Waals surface area contributed by atoms with Crippen molar-refractivity contribution in [2.24, 2.45) is 0 Å². The van der Waals surface area contributed by atoms with Crippen molar-refractivity contribution in [3.8, 4) is 0 Å². The van der Waals surface area contributed by atoms with Gasteiger partial charge in [0.15, 0.2) is 0 Å². The van der Waals surface area contributed by atoms with Crippen molar-refractivity contribution in [2.45, 2.75) is 26.2 Å². The van der Waals surface area contributed by atoms with Crippen LogP contribution in [-0.2, 0) is 5.41 Å². The number of nitrogen functional groups attached to an aromatic ring is 1. The quantitative estimate of drug-likeness (QED) is 0.826. The summed E-state index contributed by atoms with van der Waals surface area (Å²) in [7, 11) is 0. The molecule has 2 rings (SSSR count). The van der Waals surface area contributed by atoms with Crippen LogP contribution in [0.2, 0.25) is 0 Å². The van der Waals surface area contributed by atoms with Gasteiger partial charge in [-0.05, 0) is 37.3 Å². The van der Waals surface area contributed by atoms with E-state index >= 15 is 0 Å². The maximum absolute atomic E-state index is 13.3. The predicted octanol–water partition coefficient (Wildman–Crippen LogP) is 3.70. The van der Waals surface area contributed by atoms with Gasteiger partial charge >= 0.3 is 0 Å². The second-order valence-corrected chi connectivity index (χ2v) is 5.38. The van der Waals surface area contributed by atoms with E-state index in [2.05, 4.69) is 19.2 Å². The number of hydrogen-bond donors (Lipinski definition) is 2. The molecule has 0 bridgehead atoms. The van der Waals surface area contributed by atoms with E-state index < -0.39 is 5.82 Å². The van der Waals surface area contributed by atoms with Crippen molar-refractivity contribution < 1.29 is 8.81 Å². The minimum atomic E-state index is -0.406. The number of furan rings is 1. The monoisotopic (exact) mass is 262 g/mol. The van der Waals surface area contributed by atoms with Crippen LogP contribution in [0.25, 0.3) is 0 Å². The highest BCUT2D eigenvalue weighted by Crippen LogP contribution is 2.26. The number of nitrogens with one attached hydrogen (secondary N) is 1. The van der Waals surface area contributed by atoms with E-state index in [1.54, 1.807) is 12.1 Å². The Kier molecular flexibility index (Phi) is 3.51. The molecule has 2 aromatic rings. The Bertz CT molecular complexity index is 575. The van der Waals surface area contributed by atoms with E-state index in [-0.39, 0.29) is 11.1 Å². The number of benzene rings is 1. The van der Waals surface area contributed by atoms with Crippen LogP contribution in [0, 0.1) is 12.7 Å². The summed E-state index contributed by atoms with van der Waals surface area (Å²) >= 11 is 0. The molecule has 102 valence electrons. The fourth-order valence-electron chi connectivity index (χ4n) is 1.85. The first-order valence-corrected chi connectivity index (χ1v) is 6.24. The Hall–Kier alpha value is -1.97. The van der Waals surface area contributed by atoms with Gasteiger partial charge in [0.2, 0.25) is 0 Å². The van der Waals surface area contributed by atoms with Gasteiger partial charge < -0.3 is 15.5 Å². The topological polar surface area (TPSA) is 51.2 Å². The third-order valence-electron chi connectivity index (χ3n) is 3.14. The summed E-state index contributed by atoms with van der Waals surface area (Å²) in [5.41, 5.74) is 6.14. The van der Waals surface area contributed by atoms with Crippen LogP contribution in [0.5, 0.6) is 0 Å². The lowest BCUT2D eigenvalue weighted by Gasteiger charge is -2.23. The predicted molar refractivity (Wildman–Crippen MR) is 75.8 cm³/mol. The van der Waals surface area contributed by atoms with Gasteiger partial charge in [0, 0.05) is 17.6 Å². The third kappa shape index (κ3) is 3.08. The molecule has 1 aromatic carbocycles. The molecule has 0 atom stereocenters. The van der Waals surface area contributed by atoms with Gasteiger partial charge in [0.1, 0.15) is 17.3 Å². The van der Waals surface area contributed by atoms with Crippen molar-refractivity contribution in [1.82, 2.24) is 0 Å². The van der Waals surface area contributed by atoms with Gasteiger partial charge in [0.05, 0.1) is 5.69 Å². The second kappa shape index (κ2) is 4.96. The van der Waals surface area contributed by atoms with Gasteiger partial charge in [0.25, 0.3) is 0 Å². The number of aryl methyl sites for hydroxylation is 1. The largest absolute Gasteiger partial charge is 0.466 e. The lowest BCUT2D eigenvalue weighted by Crippen LogP contribution is -2.27. The normalized spacial score (nSPS) is 11.6. The molecule has 0 fully saturated rings. The molecule has 1 heterocycles. The summed E-state index contributed by atoms with van der Waals surface area (Å²) in [6.45, 7) is 6.71. The summed E-state index contributed by atoms with van der Waals surface area (Å²) in [5, 5.41) is 3.21. The van der Waals surface area contributed by atoms with Gasteiger partial charge in [-0.15, -0.1) is 0 Å². The smallest absolute Gasteiger partial charge is 0.148 e. The molecule has 0 radical (unpaired) electrons. The molecular weight excluding hydrogens is 243 g/mol. The lowest BCUT2D eigenvalue weighted by molar-refractivity contribution is 0.386. The van der Waals surface area contributed by atoms with E-state index in [9.17, 15) is 4.39 Å². The highest BCUT2D eigenvalue weighted by atomic mass is 19.1. The molecule has 3 N–H and O–H groups in total. The summed E-state index contributed by atoms with van der Waals surface area (Å²) in [6.07, 6.45) is 0. The van der Waals surface area contributed by atoms with Crippen LogP contribution in [0.1, 0.15) is 25.4 Å². The molecule has 0 saturated carbocycles. The van der Waals surface area contributed by atoms with E-state index in [4.69, 9.17) is 10.2 Å². The zero-order valence-corrected chi connectivity index (χ0v) is 11.5. The first kappa shape index (κ1) is 13.5. The maximum atomic E-state index is 13.3. The summed E-state index contributed by atoms with van der Waals surface area (Å²) in [4.78, 5) is 0. The number of hydrogen-bond acceptors (Lipinski definition) is 3. The highest BCUT2D eigenvalue weighted by molar-refractivity contribution is 5.52. The van der Waals surface area contributed by atoms with Crippen molar-refractivity contribution >= 4 is 11.4 Å². The van der Waals surface area contributed by atoms with Crippen LogP contribution in [0.4, 0.5) is 15.8 Å². The van der Waals surface area contributed by atoms with Gasteiger partial charge in [-0.2, -0.15) is 0 Å². The van der Waals surface area contributed by atoms with Crippen molar-refractivity contribution in [1.29, 1.82) is 0 Å². The zero-order valence-electron chi connectivity index (χ0n) is 11.5. The van der Waals surface area contributed by atoms with E-state index in [0.717, 1.165) is 11.5 Å². The number of rotatable bonds is 4. The van der Waals surface area contributed by atoms with E-state index in [0.29, 0.717) is 12.2 Å². The first-order chi connectivity index (χ1) is 8.88. The highest BCUT2D eigenvalue weighted by Gasteiger charge is 2.24. The minimum absolute atomic E-state index is 0.159. The average Bonchev–Trinajstić information content (AvgIpc) is 2.78. The molecule has 0 spiro atoms. The number of anilines is 2. The molecule has 3 nitrogen and oxygen atoms in total. The molecule has 0 unspecified atom stereocenters. The Balaban J connectivity index is 2.07. The van der Waals surface area contributed by atoms with Crippen LogP contribution in [0.3, 0.4) is 0 Å². The molecular formula is C15H19FN2O. The van der Waals surface area contributed by atoms with Crippen molar-refractivity contribution in [2.75, 3.05) is 17.6 Å². The fourth-order valence-corrected chi connectivity index (χ4v) is 1.85.